The monoisotopic (exact) mass is 427 g/mol. The zero-order valence-corrected chi connectivity index (χ0v) is 17.7. The molecule has 1 atom stereocenters. The topological polar surface area (TPSA) is 78.5 Å². The third-order valence-corrected chi connectivity index (χ3v) is 5.54. The first kappa shape index (κ1) is 21.8. The summed E-state index contributed by atoms with van der Waals surface area (Å²) in [7, 11) is 0. The Morgan fingerprint density at radius 1 is 1.03 bits per heavy atom. The van der Waals surface area contributed by atoms with Gasteiger partial charge in [0.05, 0.1) is 12.5 Å². The van der Waals surface area contributed by atoms with E-state index in [4.69, 9.17) is 11.6 Å². The molecule has 3 amide bonds. The lowest BCUT2D eigenvalue weighted by Crippen LogP contribution is -2.43. The van der Waals surface area contributed by atoms with Gasteiger partial charge in [-0.1, -0.05) is 41.9 Å². The average molecular weight is 428 g/mol. The molecule has 0 aliphatic carbocycles. The number of piperidine rings is 1. The lowest BCUT2D eigenvalue weighted by atomic mass is 9.95. The molecule has 3 rings (SSSR count). The van der Waals surface area contributed by atoms with E-state index in [0.29, 0.717) is 31.0 Å². The second-order valence-electron chi connectivity index (χ2n) is 7.52. The van der Waals surface area contributed by atoms with Crippen molar-refractivity contribution >= 4 is 35.0 Å². The van der Waals surface area contributed by atoms with E-state index in [0.717, 1.165) is 11.3 Å². The maximum Gasteiger partial charge on any atom is 0.227 e. The van der Waals surface area contributed by atoms with Gasteiger partial charge in [-0.05, 0) is 42.7 Å². The van der Waals surface area contributed by atoms with Gasteiger partial charge in [0.15, 0.2) is 0 Å². The number of anilines is 1. The Balaban J connectivity index is 1.55. The molecule has 1 saturated heterocycles. The van der Waals surface area contributed by atoms with Crippen LogP contribution in [0.2, 0.25) is 5.02 Å². The van der Waals surface area contributed by atoms with Crippen LogP contribution >= 0.6 is 11.6 Å². The molecule has 1 heterocycles. The van der Waals surface area contributed by atoms with Gasteiger partial charge in [-0.3, -0.25) is 14.4 Å². The number of amides is 3. The quantitative estimate of drug-likeness (QED) is 0.736. The maximum absolute atomic E-state index is 12.8. The largest absolute Gasteiger partial charge is 0.349 e. The summed E-state index contributed by atoms with van der Waals surface area (Å²) < 4.78 is 0. The number of carbonyl (C=O) groups excluding carboxylic acids is 3. The van der Waals surface area contributed by atoms with Crippen molar-refractivity contribution in [2.24, 2.45) is 5.92 Å². The van der Waals surface area contributed by atoms with Crippen LogP contribution < -0.4 is 10.6 Å². The van der Waals surface area contributed by atoms with Crippen molar-refractivity contribution < 1.29 is 14.4 Å². The van der Waals surface area contributed by atoms with Crippen molar-refractivity contribution in [1.29, 1.82) is 0 Å². The van der Waals surface area contributed by atoms with Gasteiger partial charge in [0.2, 0.25) is 17.7 Å². The molecule has 158 valence electrons. The van der Waals surface area contributed by atoms with Crippen molar-refractivity contribution in [2.75, 3.05) is 18.4 Å². The average Bonchev–Trinajstić information content (AvgIpc) is 2.74. The number of benzene rings is 2. The van der Waals surface area contributed by atoms with Gasteiger partial charge in [-0.25, -0.2) is 0 Å². The minimum absolute atomic E-state index is 0.00872. The van der Waals surface area contributed by atoms with E-state index < -0.39 is 6.04 Å². The molecule has 0 bridgehead atoms. The fourth-order valence-corrected chi connectivity index (χ4v) is 3.78. The van der Waals surface area contributed by atoms with Gasteiger partial charge >= 0.3 is 0 Å². The van der Waals surface area contributed by atoms with Crippen molar-refractivity contribution in [3.8, 4) is 0 Å². The van der Waals surface area contributed by atoms with E-state index >= 15 is 0 Å². The minimum Gasteiger partial charge on any atom is -0.349 e. The first-order valence-corrected chi connectivity index (χ1v) is 10.5. The number of hydrogen-bond acceptors (Lipinski definition) is 3. The van der Waals surface area contributed by atoms with Gasteiger partial charge in [0, 0.05) is 36.6 Å². The van der Waals surface area contributed by atoms with Crippen LogP contribution in [-0.4, -0.2) is 35.7 Å². The van der Waals surface area contributed by atoms with Crippen molar-refractivity contribution in [1.82, 2.24) is 10.2 Å². The fourth-order valence-electron chi connectivity index (χ4n) is 3.65. The highest BCUT2D eigenvalue weighted by Crippen LogP contribution is 2.24. The van der Waals surface area contributed by atoms with E-state index in [1.54, 1.807) is 17.0 Å². The molecule has 2 aromatic carbocycles. The smallest absolute Gasteiger partial charge is 0.227 e. The highest BCUT2D eigenvalue weighted by atomic mass is 35.5. The zero-order valence-electron chi connectivity index (χ0n) is 16.9. The number of nitrogens with zero attached hydrogens (tertiary/aromatic N) is 1. The number of nitrogens with one attached hydrogen (secondary N) is 2. The summed E-state index contributed by atoms with van der Waals surface area (Å²) in [4.78, 5) is 38.7. The summed E-state index contributed by atoms with van der Waals surface area (Å²) in [6, 6.07) is 16.1. The Morgan fingerprint density at radius 2 is 1.67 bits per heavy atom. The number of rotatable bonds is 6. The molecule has 1 fully saturated rings. The molecule has 6 nitrogen and oxygen atoms in total. The third kappa shape index (κ3) is 6.07. The summed E-state index contributed by atoms with van der Waals surface area (Å²) in [5, 5.41) is 6.38. The third-order valence-electron chi connectivity index (χ3n) is 5.29. The highest BCUT2D eigenvalue weighted by Gasteiger charge is 2.29. The first-order valence-electron chi connectivity index (χ1n) is 10.1. The zero-order chi connectivity index (χ0) is 21.5. The predicted molar refractivity (Wildman–Crippen MR) is 117 cm³/mol. The number of carbonyl (C=O) groups is 3. The number of halogens is 1. The van der Waals surface area contributed by atoms with Gasteiger partial charge < -0.3 is 15.5 Å². The van der Waals surface area contributed by atoms with Crippen molar-refractivity contribution in [2.45, 2.75) is 32.2 Å². The van der Waals surface area contributed by atoms with Crippen LogP contribution in [0.15, 0.2) is 54.6 Å². The Kier molecular flexibility index (Phi) is 7.46. The van der Waals surface area contributed by atoms with Crippen LogP contribution in [0, 0.1) is 5.92 Å². The fraction of sp³-hybridized carbons (Fsp3) is 0.348. The van der Waals surface area contributed by atoms with Gasteiger partial charge in [0.1, 0.15) is 0 Å². The molecule has 0 saturated carbocycles. The van der Waals surface area contributed by atoms with Crippen LogP contribution in [0.4, 0.5) is 5.69 Å². The Hall–Kier alpha value is -2.86. The Morgan fingerprint density at radius 3 is 2.27 bits per heavy atom. The highest BCUT2D eigenvalue weighted by molar-refractivity contribution is 6.30. The summed E-state index contributed by atoms with van der Waals surface area (Å²) in [5.74, 6) is -0.355. The van der Waals surface area contributed by atoms with Crippen LogP contribution in [0.25, 0.3) is 0 Å². The summed E-state index contributed by atoms with van der Waals surface area (Å²) >= 11 is 5.94. The van der Waals surface area contributed by atoms with E-state index in [2.05, 4.69) is 10.6 Å². The van der Waals surface area contributed by atoms with Crippen molar-refractivity contribution in [3.63, 3.8) is 0 Å². The molecule has 0 aromatic heterocycles. The molecule has 0 radical (unpaired) electrons. The summed E-state index contributed by atoms with van der Waals surface area (Å²) in [6.07, 6.45) is 1.41. The van der Waals surface area contributed by atoms with E-state index in [1.165, 1.54) is 6.92 Å². The minimum atomic E-state index is -0.411. The first-order chi connectivity index (χ1) is 14.4. The molecule has 0 spiro atoms. The van der Waals surface area contributed by atoms with Crippen LogP contribution in [0.3, 0.4) is 0 Å². The second kappa shape index (κ2) is 10.3. The van der Waals surface area contributed by atoms with Crippen molar-refractivity contribution in [3.05, 3.63) is 65.2 Å². The molecule has 30 heavy (non-hydrogen) atoms. The molecular weight excluding hydrogens is 402 g/mol. The number of hydrogen-bond donors (Lipinski definition) is 2. The Bertz CT molecular complexity index is 878. The molecular formula is C23H26ClN3O3. The molecule has 1 aliphatic heterocycles. The van der Waals surface area contributed by atoms with Crippen LogP contribution in [-0.2, 0) is 14.4 Å². The van der Waals surface area contributed by atoms with Crippen LogP contribution in [0.1, 0.15) is 37.8 Å². The van der Waals surface area contributed by atoms with E-state index in [1.807, 2.05) is 42.5 Å². The maximum atomic E-state index is 12.8. The molecule has 2 N–H and O–H groups in total. The predicted octanol–water partition coefficient (Wildman–Crippen LogP) is 3.78. The summed E-state index contributed by atoms with van der Waals surface area (Å²) in [6.45, 7) is 2.49. The normalized spacial score (nSPS) is 15.3. The lowest BCUT2D eigenvalue weighted by molar-refractivity contribution is -0.135. The second-order valence-corrected chi connectivity index (χ2v) is 7.96. The van der Waals surface area contributed by atoms with Gasteiger partial charge in [-0.2, -0.15) is 0 Å². The lowest BCUT2D eigenvalue weighted by Gasteiger charge is -2.32. The molecule has 2 aromatic rings. The van der Waals surface area contributed by atoms with Gasteiger partial charge in [-0.15, -0.1) is 0 Å². The molecule has 1 aliphatic rings. The molecule has 0 unspecified atom stereocenters. The number of para-hydroxylation sites is 1. The van der Waals surface area contributed by atoms with Gasteiger partial charge in [0.25, 0.3) is 0 Å². The standard InChI is InChI=1S/C23H26ClN3O3/c1-16(28)25-21(17-7-9-19(24)10-8-17)15-22(29)27-13-11-18(12-14-27)23(30)26-20-5-3-2-4-6-20/h2-10,18,21H,11-15H2,1H3,(H,25,28)(H,26,30)/t21-/m0/s1. The van der Waals surface area contributed by atoms with Crippen LogP contribution in [0.5, 0.6) is 0 Å². The summed E-state index contributed by atoms with van der Waals surface area (Å²) in [5.41, 5.74) is 1.61. The van der Waals surface area contributed by atoms with E-state index in [9.17, 15) is 14.4 Å². The molecule has 7 heteroatoms. The number of likely N-dealkylation sites (tertiary alicyclic amines) is 1. The SMILES string of the molecule is CC(=O)N[C@@H](CC(=O)N1CCC(C(=O)Nc2ccccc2)CC1)c1ccc(Cl)cc1. The Labute approximate surface area is 181 Å². The van der Waals surface area contributed by atoms with E-state index in [-0.39, 0.29) is 30.1 Å².